The van der Waals surface area contributed by atoms with E-state index < -0.39 is 13.0 Å². The Labute approximate surface area is 123 Å². The van der Waals surface area contributed by atoms with E-state index in [1.165, 1.54) is 0 Å². The lowest BCUT2D eigenvalue weighted by Crippen LogP contribution is -2.28. The van der Waals surface area contributed by atoms with Gasteiger partial charge in [-0.3, -0.25) is 4.79 Å². The summed E-state index contributed by atoms with van der Waals surface area (Å²) in [6, 6.07) is 7.42. The molecule has 0 fully saturated rings. The van der Waals surface area contributed by atoms with E-state index in [9.17, 15) is 13.6 Å². The van der Waals surface area contributed by atoms with Crippen molar-refractivity contribution >= 4 is 11.6 Å². The molecule has 0 aliphatic rings. The zero-order valence-corrected chi connectivity index (χ0v) is 12.4. The summed E-state index contributed by atoms with van der Waals surface area (Å²) in [6.07, 6.45) is -2.46. The molecule has 1 amide bonds. The third-order valence-corrected chi connectivity index (χ3v) is 3.18. The highest BCUT2D eigenvalue weighted by atomic mass is 19.3. The van der Waals surface area contributed by atoms with Crippen LogP contribution in [0.1, 0.15) is 25.8 Å². The zero-order chi connectivity index (χ0) is 15.9. The average molecular weight is 300 g/mol. The Morgan fingerprint density at radius 1 is 1.33 bits per heavy atom. The van der Waals surface area contributed by atoms with Gasteiger partial charge >= 0.3 is 0 Å². The van der Waals surface area contributed by atoms with Crippen LogP contribution in [0.2, 0.25) is 0 Å². The van der Waals surface area contributed by atoms with E-state index in [1.54, 1.807) is 12.1 Å². The van der Waals surface area contributed by atoms with Crippen LogP contribution in [0.3, 0.4) is 0 Å². The van der Waals surface area contributed by atoms with Crippen LogP contribution in [-0.4, -0.2) is 32.1 Å². The van der Waals surface area contributed by atoms with Gasteiger partial charge < -0.3 is 15.8 Å². The summed E-state index contributed by atoms with van der Waals surface area (Å²) in [5.41, 5.74) is 7.33. The van der Waals surface area contributed by atoms with Crippen molar-refractivity contribution in [3.8, 4) is 0 Å². The van der Waals surface area contributed by atoms with Gasteiger partial charge in [0.25, 0.3) is 6.43 Å². The number of rotatable bonds is 8. The first-order chi connectivity index (χ1) is 9.85. The maximum Gasteiger partial charge on any atom is 0.261 e. The lowest BCUT2D eigenvalue weighted by atomic mass is 9.85. The number of anilines is 1. The van der Waals surface area contributed by atoms with E-state index >= 15 is 0 Å². The number of carbonyl (C=O) groups excluding carboxylic acids is 1. The van der Waals surface area contributed by atoms with E-state index in [-0.39, 0.29) is 24.3 Å². The van der Waals surface area contributed by atoms with Crippen molar-refractivity contribution in [2.24, 2.45) is 5.73 Å². The number of hydrogen-bond acceptors (Lipinski definition) is 3. The molecule has 118 valence electrons. The monoisotopic (exact) mass is 300 g/mol. The van der Waals surface area contributed by atoms with Gasteiger partial charge in [-0.05, 0) is 17.7 Å². The Morgan fingerprint density at radius 2 is 1.95 bits per heavy atom. The van der Waals surface area contributed by atoms with E-state index in [2.05, 4.69) is 10.1 Å². The van der Waals surface area contributed by atoms with Crippen molar-refractivity contribution in [3.05, 3.63) is 29.8 Å². The Bertz CT molecular complexity index is 447. The molecule has 0 saturated carbocycles. The van der Waals surface area contributed by atoms with Crippen LogP contribution in [0.25, 0.3) is 0 Å². The number of alkyl halides is 2. The molecule has 0 atom stereocenters. The fourth-order valence-electron chi connectivity index (χ4n) is 1.68. The van der Waals surface area contributed by atoms with E-state index in [0.29, 0.717) is 12.2 Å². The van der Waals surface area contributed by atoms with Crippen LogP contribution in [-0.2, 0) is 14.9 Å². The number of nitrogens with two attached hydrogens (primary N) is 1. The van der Waals surface area contributed by atoms with Gasteiger partial charge in [-0.2, -0.15) is 0 Å². The van der Waals surface area contributed by atoms with Crippen molar-refractivity contribution in [3.63, 3.8) is 0 Å². The van der Waals surface area contributed by atoms with Gasteiger partial charge in [-0.1, -0.05) is 26.0 Å². The van der Waals surface area contributed by atoms with Gasteiger partial charge in [0.1, 0.15) is 6.61 Å². The molecule has 0 saturated heterocycles. The fourth-order valence-corrected chi connectivity index (χ4v) is 1.68. The Morgan fingerprint density at radius 3 is 2.48 bits per heavy atom. The first-order valence-corrected chi connectivity index (χ1v) is 6.81. The third kappa shape index (κ3) is 6.18. The molecule has 0 aliphatic heterocycles. The maximum atomic E-state index is 11.8. The molecule has 0 radical (unpaired) electrons. The van der Waals surface area contributed by atoms with Gasteiger partial charge in [0.05, 0.1) is 13.0 Å². The molecule has 21 heavy (non-hydrogen) atoms. The molecular weight excluding hydrogens is 278 g/mol. The normalized spacial score (nSPS) is 11.7. The van der Waals surface area contributed by atoms with Crippen molar-refractivity contribution in [1.29, 1.82) is 0 Å². The molecule has 6 heteroatoms. The number of carbonyl (C=O) groups is 1. The van der Waals surface area contributed by atoms with Gasteiger partial charge in [0.2, 0.25) is 5.91 Å². The molecule has 0 unspecified atom stereocenters. The van der Waals surface area contributed by atoms with Crippen LogP contribution >= 0.6 is 0 Å². The molecule has 0 aliphatic carbocycles. The Hall–Kier alpha value is -1.53. The summed E-state index contributed by atoms with van der Waals surface area (Å²) in [5, 5.41) is 2.69. The van der Waals surface area contributed by atoms with Crippen molar-refractivity contribution < 1.29 is 18.3 Å². The third-order valence-electron chi connectivity index (χ3n) is 3.18. The van der Waals surface area contributed by atoms with Crippen molar-refractivity contribution in [1.82, 2.24) is 0 Å². The standard InChI is InChI=1S/C15H22F2N2O2/c1-15(2,10-18)11-3-5-12(6-4-11)19-14(20)7-8-21-9-13(16)17/h3-6,13H,7-10,18H2,1-2H3,(H,19,20). The summed E-state index contributed by atoms with van der Waals surface area (Å²) in [5.74, 6) is -0.268. The predicted molar refractivity (Wildman–Crippen MR) is 78.6 cm³/mol. The highest BCUT2D eigenvalue weighted by Gasteiger charge is 2.18. The molecule has 4 nitrogen and oxygen atoms in total. The first kappa shape index (κ1) is 17.5. The number of halogens is 2. The SMILES string of the molecule is CC(C)(CN)c1ccc(NC(=O)CCOCC(F)F)cc1. The minimum absolute atomic E-state index is 0.0194. The number of benzene rings is 1. The summed E-state index contributed by atoms with van der Waals surface area (Å²) in [6.45, 7) is 3.95. The highest BCUT2D eigenvalue weighted by Crippen LogP contribution is 2.23. The van der Waals surface area contributed by atoms with Crippen molar-refractivity contribution in [2.45, 2.75) is 32.1 Å². The minimum atomic E-state index is -2.51. The van der Waals surface area contributed by atoms with Crippen LogP contribution in [0.15, 0.2) is 24.3 Å². The van der Waals surface area contributed by atoms with E-state index in [1.807, 2.05) is 26.0 Å². The quantitative estimate of drug-likeness (QED) is 0.725. The molecule has 0 aromatic heterocycles. The van der Waals surface area contributed by atoms with E-state index in [0.717, 1.165) is 5.56 Å². The van der Waals surface area contributed by atoms with Gasteiger partial charge in [0.15, 0.2) is 0 Å². The average Bonchev–Trinajstić information content (AvgIpc) is 2.44. The number of ether oxygens (including phenoxy) is 1. The van der Waals surface area contributed by atoms with Crippen LogP contribution in [0.5, 0.6) is 0 Å². The van der Waals surface area contributed by atoms with Gasteiger partial charge in [-0.15, -0.1) is 0 Å². The van der Waals surface area contributed by atoms with Crippen molar-refractivity contribution in [2.75, 3.05) is 25.1 Å². The molecule has 3 N–H and O–H groups in total. The molecular formula is C15H22F2N2O2. The van der Waals surface area contributed by atoms with Crippen LogP contribution in [0.4, 0.5) is 14.5 Å². The summed E-state index contributed by atoms with van der Waals surface area (Å²) in [7, 11) is 0. The molecule has 1 aromatic rings. The topological polar surface area (TPSA) is 64.3 Å². The van der Waals surface area contributed by atoms with Gasteiger partial charge in [-0.25, -0.2) is 8.78 Å². The van der Waals surface area contributed by atoms with E-state index in [4.69, 9.17) is 5.73 Å². The molecule has 0 heterocycles. The highest BCUT2D eigenvalue weighted by molar-refractivity contribution is 5.90. The second-order valence-corrected chi connectivity index (χ2v) is 5.43. The molecule has 0 spiro atoms. The summed E-state index contributed by atoms with van der Waals surface area (Å²) >= 11 is 0. The number of nitrogens with one attached hydrogen (secondary N) is 1. The lowest BCUT2D eigenvalue weighted by molar-refractivity contribution is -0.117. The Balaban J connectivity index is 2.43. The van der Waals surface area contributed by atoms with Crippen LogP contribution < -0.4 is 11.1 Å². The first-order valence-electron chi connectivity index (χ1n) is 6.81. The zero-order valence-electron chi connectivity index (χ0n) is 12.4. The predicted octanol–water partition coefficient (Wildman–Crippen LogP) is 2.53. The Kier molecular flexibility index (Phi) is 6.71. The second-order valence-electron chi connectivity index (χ2n) is 5.43. The molecule has 1 aromatic carbocycles. The lowest BCUT2D eigenvalue weighted by Gasteiger charge is -2.23. The number of hydrogen-bond donors (Lipinski definition) is 2. The largest absolute Gasteiger partial charge is 0.375 e. The number of amides is 1. The molecule has 0 bridgehead atoms. The summed E-state index contributed by atoms with van der Waals surface area (Å²) in [4.78, 5) is 11.6. The second kappa shape index (κ2) is 8.05. The molecule has 1 rings (SSSR count). The van der Waals surface area contributed by atoms with Crippen LogP contribution in [0, 0.1) is 0 Å². The minimum Gasteiger partial charge on any atom is -0.375 e. The van der Waals surface area contributed by atoms with Gasteiger partial charge in [0, 0.05) is 17.6 Å². The summed E-state index contributed by atoms with van der Waals surface area (Å²) < 4.78 is 28.3. The maximum absolute atomic E-state index is 11.8. The fraction of sp³-hybridized carbons (Fsp3) is 0.533. The smallest absolute Gasteiger partial charge is 0.261 e.